The van der Waals surface area contributed by atoms with Crippen LogP contribution < -0.4 is 11.1 Å². The lowest BCUT2D eigenvalue weighted by atomic mass is 10.1. The molecule has 2 amide bonds. The lowest BCUT2D eigenvalue weighted by Crippen LogP contribution is -2.47. The summed E-state index contributed by atoms with van der Waals surface area (Å²) in [5, 5.41) is 2.90. The van der Waals surface area contributed by atoms with Gasteiger partial charge >= 0.3 is 0 Å². The Morgan fingerprint density at radius 2 is 1.67 bits per heavy atom. The number of rotatable bonds is 5. The van der Waals surface area contributed by atoms with Crippen molar-refractivity contribution in [1.82, 2.24) is 9.80 Å². The highest BCUT2D eigenvalue weighted by molar-refractivity contribution is 5.92. The molecule has 0 bridgehead atoms. The fourth-order valence-electron chi connectivity index (χ4n) is 3.13. The minimum atomic E-state index is -0.0951. The van der Waals surface area contributed by atoms with Crippen LogP contribution in [-0.2, 0) is 22.4 Å². The zero-order valence-corrected chi connectivity index (χ0v) is 15.6. The maximum absolute atomic E-state index is 12.5. The van der Waals surface area contributed by atoms with Gasteiger partial charge in [0.05, 0.1) is 12.8 Å². The van der Waals surface area contributed by atoms with Gasteiger partial charge in [-0.25, -0.2) is 0 Å². The molecule has 0 aliphatic carbocycles. The van der Waals surface area contributed by atoms with Gasteiger partial charge < -0.3 is 20.9 Å². The van der Waals surface area contributed by atoms with Gasteiger partial charge in [0.2, 0.25) is 11.8 Å². The third-order valence-electron chi connectivity index (χ3n) is 4.77. The largest absolute Gasteiger partial charge is 0.399 e. The van der Waals surface area contributed by atoms with E-state index in [2.05, 4.69) is 17.3 Å². The van der Waals surface area contributed by atoms with Crippen LogP contribution in [0.5, 0.6) is 0 Å². The average Bonchev–Trinajstić information content (AvgIpc) is 2.64. The monoisotopic (exact) mass is 366 g/mol. The smallest absolute Gasteiger partial charge is 0.228 e. The van der Waals surface area contributed by atoms with E-state index < -0.39 is 0 Å². The molecule has 3 N–H and O–H groups in total. The first-order valence-electron chi connectivity index (χ1n) is 9.19. The summed E-state index contributed by atoms with van der Waals surface area (Å²) in [6.07, 6.45) is 0.635. The van der Waals surface area contributed by atoms with Crippen molar-refractivity contribution < 1.29 is 9.59 Å². The first-order chi connectivity index (χ1) is 13.0. The molecule has 1 aliphatic rings. The summed E-state index contributed by atoms with van der Waals surface area (Å²) in [7, 11) is 2.07. The van der Waals surface area contributed by atoms with Gasteiger partial charge in [-0.1, -0.05) is 24.3 Å². The van der Waals surface area contributed by atoms with Crippen molar-refractivity contribution in [3.8, 4) is 0 Å². The standard InChI is InChI=1S/C21H26N4O2/c1-24-9-11-25(12-10-24)21(27)15-17-3-2-4-19(13-17)23-20(26)14-16-5-7-18(22)8-6-16/h2-8,13H,9-12,14-15,22H2,1H3,(H,23,26). The highest BCUT2D eigenvalue weighted by Crippen LogP contribution is 2.14. The van der Waals surface area contributed by atoms with Crippen molar-refractivity contribution in [2.75, 3.05) is 44.3 Å². The molecule has 0 aromatic heterocycles. The molecule has 0 atom stereocenters. The number of piperazine rings is 1. The van der Waals surface area contributed by atoms with Gasteiger partial charge in [-0.15, -0.1) is 0 Å². The molecule has 2 aromatic rings. The number of nitrogens with two attached hydrogens (primary N) is 1. The van der Waals surface area contributed by atoms with Gasteiger partial charge in [-0.2, -0.15) is 0 Å². The van der Waals surface area contributed by atoms with E-state index >= 15 is 0 Å². The maximum atomic E-state index is 12.5. The Hall–Kier alpha value is -2.86. The minimum Gasteiger partial charge on any atom is -0.399 e. The Morgan fingerprint density at radius 3 is 2.37 bits per heavy atom. The third kappa shape index (κ3) is 5.56. The number of benzene rings is 2. The van der Waals surface area contributed by atoms with Gasteiger partial charge in [0, 0.05) is 37.6 Å². The molecule has 3 rings (SSSR count). The summed E-state index contributed by atoms with van der Waals surface area (Å²) in [5.41, 5.74) is 8.86. The summed E-state index contributed by atoms with van der Waals surface area (Å²) in [5.74, 6) is 0.0377. The van der Waals surface area contributed by atoms with E-state index in [1.54, 1.807) is 12.1 Å². The van der Waals surface area contributed by atoms with E-state index in [0.717, 1.165) is 37.3 Å². The van der Waals surface area contributed by atoms with Crippen molar-refractivity contribution in [2.45, 2.75) is 12.8 Å². The number of carbonyl (C=O) groups excluding carboxylic acids is 2. The molecule has 142 valence electrons. The summed E-state index contributed by atoms with van der Waals surface area (Å²) >= 11 is 0. The van der Waals surface area contributed by atoms with Crippen molar-refractivity contribution in [3.63, 3.8) is 0 Å². The Morgan fingerprint density at radius 1 is 0.963 bits per heavy atom. The first-order valence-corrected chi connectivity index (χ1v) is 9.19. The molecule has 6 heteroatoms. The minimum absolute atomic E-state index is 0.0951. The molecule has 1 fully saturated rings. The number of nitrogens with zero attached hydrogens (tertiary/aromatic N) is 2. The summed E-state index contributed by atoms with van der Waals surface area (Å²) in [6, 6.07) is 14.8. The summed E-state index contributed by atoms with van der Waals surface area (Å²) < 4.78 is 0. The van der Waals surface area contributed by atoms with Crippen LogP contribution in [0, 0.1) is 0 Å². The SMILES string of the molecule is CN1CCN(C(=O)Cc2cccc(NC(=O)Cc3ccc(N)cc3)c2)CC1. The Labute approximate surface area is 159 Å². The van der Waals surface area contributed by atoms with E-state index in [9.17, 15) is 9.59 Å². The molecule has 0 spiro atoms. The molecule has 0 saturated carbocycles. The molecule has 0 radical (unpaired) electrons. The van der Waals surface area contributed by atoms with E-state index in [0.29, 0.717) is 17.8 Å². The first kappa shape index (κ1) is 18.9. The van der Waals surface area contributed by atoms with Crippen molar-refractivity contribution in [1.29, 1.82) is 0 Å². The highest BCUT2D eigenvalue weighted by Gasteiger charge is 2.19. The van der Waals surface area contributed by atoms with Crippen LogP contribution in [0.4, 0.5) is 11.4 Å². The van der Waals surface area contributed by atoms with Crippen molar-refractivity contribution >= 4 is 23.2 Å². The number of likely N-dealkylation sites (N-methyl/N-ethyl adjacent to an activating group) is 1. The molecule has 27 heavy (non-hydrogen) atoms. The second-order valence-electron chi connectivity index (χ2n) is 7.03. The van der Waals surface area contributed by atoms with Gasteiger partial charge in [0.25, 0.3) is 0 Å². The molecular weight excluding hydrogens is 340 g/mol. The summed E-state index contributed by atoms with van der Waals surface area (Å²) in [4.78, 5) is 28.9. The molecule has 6 nitrogen and oxygen atoms in total. The lowest BCUT2D eigenvalue weighted by Gasteiger charge is -2.32. The van der Waals surface area contributed by atoms with Gasteiger partial charge in [-0.3, -0.25) is 9.59 Å². The number of anilines is 2. The number of amides is 2. The van der Waals surface area contributed by atoms with Crippen LogP contribution in [-0.4, -0.2) is 54.8 Å². The molecule has 1 heterocycles. The number of nitrogen functional groups attached to an aromatic ring is 1. The van der Waals surface area contributed by atoms with Crippen LogP contribution in [0.15, 0.2) is 48.5 Å². The lowest BCUT2D eigenvalue weighted by molar-refractivity contribution is -0.132. The van der Waals surface area contributed by atoms with Crippen LogP contribution in [0.3, 0.4) is 0 Å². The average molecular weight is 366 g/mol. The van der Waals surface area contributed by atoms with Crippen molar-refractivity contribution in [3.05, 3.63) is 59.7 Å². The molecule has 1 aliphatic heterocycles. The number of nitrogens with one attached hydrogen (secondary N) is 1. The zero-order chi connectivity index (χ0) is 19.2. The van der Waals surface area contributed by atoms with E-state index in [1.165, 1.54) is 0 Å². The topological polar surface area (TPSA) is 78.7 Å². The zero-order valence-electron chi connectivity index (χ0n) is 15.6. The van der Waals surface area contributed by atoms with Crippen LogP contribution in [0.1, 0.15) is 11.1 Å². The third-order valence-corrected chi connectivity index (χ3v) is 4.77. The second-order valence-corrected chi connectivity index (χ2v) is 7.03. The van der Waals surface area contributed by atoms with E-state index in [4.69, 9.17) is 5.73 Å². The highest BCUT2D eigenvalue weighted by atomic mass is 16.2. The number of hydrogen-bond donors (Lipinski definition) is 2. The molecular formula is C21H26N4O2. The van der Waals surface area contributed by atoms with Gasteiger partial charge in [0.15, 0.2) is 0 Å². The Bertz CT molecular complexity index is 796. The van der Waals surface area contributed by atoms with Crippen LogP contribution in [0.2, 0.25) is 0 Å². The van der Waals surface area contributed by atoms with Gasteiger partial charge in [0.1, 0.15) is 0 Å². The van der Waals surface area contributed by atoms with E-state index in [-0.39, 0.29) is 18.2 Å². The molecule has 1 saturated heterocycles. The predicted molar refractivity (Wildman–Crippen MR) is 107 cm³/mol. The second kappa shape index (κ2) is 8.68. The Kier molecular flexibility index (Phi) is 6.08. The van der Waals surface area contributed by atoms with Crippen LogP contribution >= 0.6 is 0 Å². The maximum Gasteiger partial charge on any atom is 0.228 e. The number of hydrogen-bond acceptors (Lipinski definition) is 4. The normalized spacial score (nSPS) is 14.8. The van der Waals surface area contributed by atoms with Crippen LogP contribution in [0.25, 0.3) is 0 Å². The molecule has 2 aromatic carbocycles. The molecule has 0 unspecified atom stereocenters. The quantitative estimate of drug-likeness (QED) is 0.791. The Balaban J connectivity index is 1.55. The fraction of sp³-hybridized carbons (Fsp3) is 0.333. The fourth-order valence-corrected chi connectivity index (χ4v) is 3.13. The number of carbonyl (C=O) groups is 2. The predicted octanol–water partition coefficient (Wildman–Crippen LogP) is 1.77. The van der Waals surface area contributed by atoms with Gasteiger partial charge in [-0.05, 0) is 42.4 Å². The van der Waals surface area contributed by atoms with E-state index in [1.807, 2.05) is 41.3 Å². The summed E-state index contributed by atoms with van der Waals surface area (Å²) in [6.45, 7) is 3.36. The van der Waals surface area contributed by atoms with Crippen molar-refractivity contribution in [2.24, 2.45) is 0 Å².